The van der Waals surface area contributed by atoms with Crippen molar-refractivity contribution in [1.82, 2.24) is 4.31 Å². The van der Waals surface area contributed by atoms with Gasteiger partial charge in [0.1, 0.15) is 0 Å². The highest BCUT2D eigenvalue weighted by Crippen LogP contribution is 2.23. The minimum atomic E-state index is -3.44. The van der Waals surface area contributed by atoms with E-state index >= 15 is 0 Å². The van der Waals surface area contributed by atoms with Crippen molar-refractivity contribution in [2.45, 2.75) is 24.7 Å². The molecule has 1 atom stereocenters. The van der Waals surface area contributed by atoms with E-state index in [1.54, 1.807) is 24.3 Å². The molecule has 1 heterocycles. The second kappa shape index (κ2) is 5.09. The molecule has 0 aliphatic carbocycles. The molecule has 0 N–H and O–H groups in total. The van der Waals surface area contributed by atoms with Crippen LogP contribution < -0.4 is 0 Å². The van der Waals surface area contributed by atoms with Crippen LogP contribution in [0, 0.1) is 24.2 Å². The SMILES string of the molecule is Cc1ccc(S(=O)(=O)N2CCCC(C#N)C2)cc1. The van der Waals surface area contributed by atoms with Gasteiger partial charge in [-0.3, -0.25) is 0 Å². The second-order valence-electron chi connectivity index (χ2n) is 4.64. The third kappa shape index (κ3) is 2.55. The van der Waals surface area contributed by atoms with E-state index in [4.69, 9.17) is 5.26 Å². The van der Waals surface area contributed by atoms with E-state index in [2.05, 4.69) is 6.07 Å². The van der Waals surface area contributed by atoms with Crippen LogP contribution in [0.3, 0.4) is 0 Å². The molecule has 96 valence electrons. The van der Waals surface area contributed by atoms with Crippen LogP contribution in [0.25, 0.3) is 0 Å². The summed E-state index contributed by atoms with van der Waals surface area (Å²) < 4.78 is 26.2. The molecule has 5 heteroatoms. The smallest absolute Gasteiger partial charge is 0.207 e. The number of piperidine rings is 1. The van der Waals surface area contributed by atoms with Crippen LogP contribution in [0.4, 0.5) is 0 Å². The van der Waals surface area contributed by atoms with Gasteiger partial charge in [-0.15, -0.1) is 0 Å². The summed E-state index contributed by atoms with van der Waals surface area (Å²) in [6, 6.07) is 8.99. The van der Waals surface area contributed by atoms with E-state index in [1.165, 1.54) is 4.31 Å². The van der Waals surface area contributed by atoms with Gasteiger partial charge < -0.3 is 0 Å². The van der Waals surface area contributed by atoms with Gasteiger partial charge in [0.2, 0.25) is 10.0 Å². The largest absolute Gasteiger partial charge is 0.243 e. The minimum Gasteiger partial charge on any atom is -0.207 e. The molecular formula is C13H16N2O2S. The van der Waals surface area contributed by atoms with E-state index in [0.717, 1.165) is 18.4 Å². The van der Waals surface area contributed by atoms with E-state index < -0.39 is 10.0 Å². The van der Waals surface area contributed by atoms with Crippen LogP contribution in [0.15, 0.2) is 29.2 Å². The summed E-state index contributed by atoms with van der Waals surface area (Å²) in [7, 11) is -3.44. The van der Waals surface area contributed by atoms with Gasteiger partial charge in [0, 0.05) is 13.1 Å². The summed E-state index contributed by atoms with van der Waals surface area (Å²) in [5, 5.41) is 8.91. The predicted molar refractivity (Wildman–Crippen MR) is 68.3 cm³/mol. The van der Waals surface area contributed by atoms with Crippen molar-refractivity contribution in [2.24, 2.45) is 5.92 Å². The Balaban J connectivity index is 2.26. The molecule has 2 rings (SSSR count). The summed E-state index contributed by atoms with van der Waals surface area (Å²) >= 11 is 0. The molecule has 1 aromatic carbocycles. The van der Waals surface area contributed by atoms with Gasteiger partial charge >= 0.3 is 0 Å². The molecule has 0 aromatic heterocycles. The lowest BCUT2D eigenvalue weighted by atomic mass is 10.0. The van der Waals surface area contributed by atoms with Crippen molar-refractivity contribution in [3.8, 4) is 6.07 Å². The van der Waals surface area contributed by atoms with Crippen molar-refractivity contribution in [3.63, 3.8) is 0 Å². The van der Waals surface area contributed by atoms with E-state index in [1.807, 2.05) is 6.92 Å². The summed E-state index contributed by atoms with van der Waals surface area (Å²) in [6.07, 6.45) is 1.54. The molecule has 1 fully saturated rings. The van der Waals surface area contributed by atoms with Gasteiger partial charge in [-0.1, -0.05) is 17.7 Å². The molecule has 1 aliphatic rings. The number of rotatable bonds is 2. The van der Waals surface area contributed by atoms with Gasteiger partial charge in [-0.2, -0.15) is 9.57 Å². The number of sulfonamides is 1. The normalized spacial score (nSPS) is 21.4. The minimum absolute atomic E-state index is 0.182. The van der Waals surface area contributed by atoms with Crippen LogP contribution >= 0.6 is 0 Å². The molecule has 1 aliphatic heterocycles. The fourth-order valence-electron chi connectivity index (χ4n) is 2.13. The number of aryl methyl sites for hydroxylation is 1. The van der Waals surface area contributed by atoms with Crippen molar-refractivity contribution in [1.29, 1.82) is 5.26 Å². The average Bonchev–Trinajstić information content (AvgIpc) is 2.39. The van der Waals surface area contributed by atoms with Gasteiger partial charge in [0.15, 0.2) is 0 Å². The predicted octanol–water partition coefficient (Wildman–Crippen LogP) is 1.92. The second-order valence-corrected chi connectivity index (χ2v) is 6.58. The number of hydrogen-bond acceptors (Lipinski definition) is 3. The maximum absolute atomic E-state index is 12.4. The van der Waals surface area contributed by atoms with Gasteiger partial charge in [0.05, 0.1) is 16.9 Å². The molecule has 0 bridgehead atoms. The highest BCUT2D eigenvalue weighted by Gasteiger charge is 2.29. The van der Waals surface area contributed by atoms with E-state index in [9.17, 15) is 8.42 Å². The van der Waals surface area contributed by atoms with Crippen molar-refractivity contribution in [3.05, 3.63) is 29.8 Å². The zero-order valence-corrected chi connectivity index (χ0v) is 11.2. The van der Waals surface area contributed by atoms with Crippen molar-refractivity contribution >= 4 is 10.0 Å². The maximum Gasteiger partial charge on any atom is 0.243 e. The Bertz CT molecular complexity index is 558. The molecule has 4 nitrogen and oxygen atoms in total. The highest BCUT2D eigenvalue weighted by molar-refractivity contribution is 7.89. The Morgan fingerprint density at radius 2 is 2.00 bits per heavy atom. The molecule has 0 amide bonds. The lowest BCUT2D eigenvalue weighted by Crippen LogP contribution is -2.39. The first kappa shape index (κ1) is 13.1. The quantitative estimate of drug-likeness (QED) is 0.820. The van der Waals surface area contributed by atoms with Gasteiger partial charge in [-0.25, -0.2) is 8.42 Å². The van der Waals surface area contributed by atoms with Gasteiger partial charge in [-0.05, 0) is 31.9 Å². The first-order valence-electron chi connectivity index (χ1n) is 6.00. The number of nitrogens with zero attached hydrogens (tertiary/aromatic N) is 2. The fraction of sp³-hybridized carbons (Fsp3) is 0.462. The molecule has 0 radical (unpaired) electrons. The summed E-state index contributed by atoms with van der Waals surface area (Å²) in [5.41, 5.74) is 1.03. The van der Waals surface area contributed by atoms with Crippen molar-refractivity contribution < 1.29 is 8.42 Å². The summed E-state index contributed by atoms with van der Waals surface area (Å²) in [5.74, 6) is -0.182. The highest BCUT2D eigenvalue weighted by atomic mass is 32.2. The number of nitriles is 1. The van der Waals surface area contributed by atoms with Crippen LogP contribution in [0.5, 0.6) is 0 Å². The molecule has 1 unspecified atom stereocenters. The van der Waals surface area contributed by atoms with E-state index in [0.29, 0.717) is 18.0 Å². The van der Waals surface area contributed by atoms with Crippen molar-refractivity contribution in [2.75, 3.05) is 13.1 Å². The first-order chi connectivity index (χ1) is 8.54. The number of hydrogen-bond donors (Lipinski definition) is 0. The van der Waals surface area contributed by atoms with Crippen LogP contribution in [0.2, 0.25) is 0 Å². The maximum atomic E-state index is 12.4. The van der Waals surface area contributed by atoms with Crippen LogP contribution in [-0.4, -0.2) is 25.8 Å². The summed E-state index contributed by atoms with van der Waals surface area (Å²) in [6.45, 7) is 2.74. The van der Waals surface area contributed by atoms with Gasteiger partial charge in [0.25, 0.3) is 0 Å². The Labute approximate surface area is 108 Å². The van der Waals surface area contributed by atoms with Crippen LogP contribution in [0.1, 0.15) is 18.4 Å². The molecule has 0 saturated carbocycles. The Kier molecular flexibility index (Phi) is 3.69. The fourth-order valence-corrected chi connectivity index (χ4v) is 3.65. The van der Waals surface area contributed by atoms with E-state index in [-0.39, 0.29) is 5.92 Å². The third-order valence-electron chi connectivity index (χ3n) is 3.23. The zero-order chi connectivity index (χ0) is 13.2. The molecular weight excluding hydrogens is 248 g/mol. The lowest BCUT2D eigenvalue weighted by molar-refractivity contribution is 0.305. The Hall–Kier alpha value is -1.38. The van der Waals surface area contributed by atoms with Crippen LogP contribution in [-0.2, 0) is 10.0 Å². The standard InChI is InChI=1S/C13H16N2O2S/c1-11-4-6-13(7-5-11)18(16,17)15-8-2-3-12(9-14)10-15/h4-7,12H,2-3,8,10H2,1H3. The molecule has 1 aromatic rings. The molecule has 1 saturated heterocycles. The third-order valence-corrected chi connectivity index (χ3v) is 5.10. The summed E-state index contributed by atoms with van der Waals surface area (Å²) in [4.78, 5) is 0.312. The Morgan fingerprint density at radius 3 is 2.61 bits per heavy atom. The topological polar surface area (TPSA) is 61.2 Å². The average molecular weight is 264 g/mol. The Morgan fingerprint density at radius 1 is 1.33 bits per heavy atom. The lowest BCUT2D eigenvalue weighted by Gasteiger charge is -2.28. The molecule has 18 heavy (non-hydrogen) atoms. The number of benzene rings is 1. The zero-order valence-electron chi connectivity index (χ0n) is 10.3. The monoisotopic (exact) mass is 264 g/mol. The molecule has 0 spiro atoms. The first-order valence-corrected chi connectivity index (χ1v) is 7.44.